The van der Waals surface area contributed by atoms with Crippen LogP contribution in [-0.4, -0.2) is 50.8 Å². The van der Waals surface area contributed by atoms with Crippen LogP contribution in [-0.2, 0) is 4.74 Å². The van der Waals surface area contributed by atoms with E-state index in [2.05, 4.69) is 24.3 Å². The number of nitrogens with zero attached hydrogens (tertiary/aromatic N) is 1. The van der Waals surface area contributed by atoms with Crippen LogP contribution in [0.25, 0.3) is 0 Å². The molecule has 2 rings (SSSR count). The lowest BCUT2D eigenvalue weighted by Crippen LogP contribution is -2.47. The molecule has 0 aromatic rings. The molecule has 1 saturated heterocycles. The molecule has 1 N–H and O–H groups in total. The molecule has 0 spiro atoms. The molecule has 106 valence electrons. The Morgan fingerprint density at radius 1 is 1.11 bits per heavy atom. The molecule has 2 fully saturated rings. The predicted octanol–water partition coefficient (Wildman–Crippen LogP) is 2.27. The average Bonchev–Trinajstić information content (AvgIpc) is 2.46. The summed E-state index contributed by atoms with van der Waals surface area (Å²) in [5.41, 5.74) is 0. The summed E-state index contributed by atoms with van der Waals surface area (Å²) < 4.78 is 5.46. The first-order valence-corrected chi connectivity index (χ1v) is 7.76. The zero-order valence-electron chi connectivity index (χ0n) is 12.2. The van der Waals surface area contributed by atoms with Crippen LogP contribution in [0.4, 0.5) is 0 Å². The topological polar surface area (TPSA) is 24.5 Å². The SMILES string of the molecule is CNC(CN(C)C1CCOCC1)C1CCCCC1. The third-order valence-electron chi connectivity index (χ3n) is 4.89. The van der Waals surface area contributed by atoms with Crippen molar-refractivity contribution >= 4 is 0 Å². The Morgan fingerprint density at radius 2 is 1.78 bits per heavy atom. The van der Waals surface area contributed by atoms with Gasteiger partial charge in [0.15, 0.2) is 0 Å². The number of nitrogens with one attached hydrogen (secondary N) is 1. The second-order valence-corrected chi connectivity index (χ2v) is 6.08. The van der Waals surface area contributed by atoms with Crippen molar-refractivity contribution < 1.29 is 4.74 Å². The Kier molecular flexibility index (Phi) is 5.93. The Labute approximate surface area is 112 Å². The summed E-state index contributed by atoms with van der Waals surface area (Å²) >= 11 is 0. The first-order valence-electron chi connectivity index (χ1n) is 7.76. The molecular formula is C15H30N2O. The van der Waals surface area contributed by atoms with E-state index >= 15 is 0 Å². The van der Waals surface area contributed by atoms with Gasteiger partial charge in [-0.25, -0.2) is 0 Å². The second-order valence-electron chi connectivity index (χ2n) is 6.08. The maximum atomic E-state index is 5.46. The molecule has 0 aromatic carbocycles. The molecule has 1 atom stereocenters. The highest BCUT2D eigenvalue weighted by atomic mass is 16.5. The lowest BCUT2D eigenvalue weighted by Gasteiger charge is -2.37. The molecule has 1 unspecified atom stereocenters. The van der Waals surface area contributed by atoms with Crippen LogP contribution >= 0.6 is 0 Å². The molecule has 1 aliphatic heterocycles. The minimum atomic E-state index is 0.679. The smallest absolute Gasteiger partial charge is 0.0480 e. The highest BCUT2D eigenvalue weighted by molar-refractivity contribution is 4.83. The molecule has 3 nitrogen and oxygen atoms in total. The van der Waals surface area contributed by atoms with Gasteiger partial charge in [0.25, 0.3) is 0 Å². The number of hydrogen-bond acceptors (Lipinski definition) is 3. The minimum absolute atomic E-state index is 0.679. The van der Waals surface area contributed by atoms with Crippen molar-refractivity contribution in [1.82, 2.24) is 10.2 Å². The van der Waals surface area contributed by atoms with Gasteiger partial charge in [-0.15, -0.1) is 0 Å². The van der Waals surface area contributed by atoms with Crippen LogP contribution in [0.15, 0.2) is 0 Å². The zero-order valence-corrected chi connectivity index (χ0v) is 12.2. The Balaban J connectivity index is 1.80. The van der Waals surface area contributed by atoms with Crippen molar-refractivity contribution in [2.45, 2.75) is 57.0 Å². The molecule has 1 aliphatic carbocycles. The van der Waals surface area contributed by atoms with E-state index in [0.717, 1.165) is 25.2 Å². The van der Waals surface area contributed by atoms with Gasteiger partial charge in [-0.05, 0) is 45.7 Å². The van der Waals surface area contributed by atoms with Crippen LogP contribution in [0.5, 0.6) is 0 Å². The quantitative estimate of drug-likeness (QED) is 0.814. The molecule has 0 aromatic heterocycles. The van der Waals surface area contributed by atoms with Gasteiger partial charge < -0.3 is 15.0 Å². The van der Waals surface area contributed by atoms with E-state index in [1.807, 2.05) is 0 Å². The molecule has 2 aliphatic rings. The summed E-state index contributed by atoms with van der Waals surface area (Å²) in [6, 6.07) is 1.41. The molecule has 1 heterocycles. The van der Waals surface area contributed by atoms with Gasteiger partial charge in [0.05, 0.1) is 0 Å². The molecule has 3 heteroatoms. The van der Waals surface area contributed by atoms with Crippen LogP contribution < -0.4 is 5.32 Å². The van der Waals surface area contributed by atoms with Crippen LogP contribution in [0, 0.1) is 5.92 Å². The monoisotopic (exact) mass is 254 g/mol. The van der Waals surface area contributed by atoms with Crippen molar-refractivity contribution in [1.29, 1.82) is 0 Å². The summed E-state index contributed by atoms with van der Waals surface area (Å²) in [7, 11) is 4.43. The third kappa shape index (κ3) is 3.94. The van der Waals surface area contributed by atoms with Gasteiger partial charge in [0.1, 0.15) is 0 Å². The molecule has 1 saturated carbocycles. The minimum Gasteiger partial charge on any atom is -0.381 e. The molecular weight excluding hydrogens is 224 g/mol. The fourth-order valence-electron chi connectivity index (χ4n) is 3.60. The average molecular weight is 254 g/mol. The van der Waals surface area contributed by atoms with Crippen molar-refractivity contribution in [2.24, 2.45) is 5.92 Å². The Hall–Kier alpha value is -0.120. The van der Waals surface area contributed by atoms with Crippen LogP contribution in [0.1, 0.15) is 44.9 Å². The highest BCUT2D eigenvalue weighted by Crippen LogP contribution is 2.27. The second kappa shape index (κ2) is 7.46. The van der Waals surface area contributed by atoms with Gasteiger partial charge in [0, 0.05) is 31.8 Å². The first kappa shape index (κ1) is 14.3. The van der Waals surface area contributed by atoms with Gasteiger partial charge >= 0.3 is 0 Å². The van der Waals surface area contributed by atoms with E-state index in [1.54, 1.807) is 0 Å². The predicted molar refractivity (Wildman–Crippen MR) is 75.9 cm³/mol. The highest BCUT2D eigenvalue weighted by Gasteiger charge is 2.26. The summed E-state index contributed by atoms with van der Waals surface area (Å²) in [5, 5.41) is 3.57. The van der Waals surface area contributed by atoms with Gasteiger partial charge in [-0.2, -0.15) is 0 Å². The van der Waals surface area contributed by atoms with Crippen molar-refractivity contribution in [2.75, 3.05) is 33.9 Å². The Bertz CT molecular complexity index is 223. The van der Waals surface area contributed by atoms with E-state index in [-0.39, 0.29) is 0 Å². The summed E-state index contributed by atoms with van der Waals surface area (Å²) in [4.78, 5) is 2.57. The Morgan fingerprint density at radius 3 is 2.39 bits per heavy atom. The van der Waals surface area contributed by atoms with E-state index < -0.39 is 0 Å². The number of likely N-dealkylation sites (N-methyl/N-ethyl adjacent to an activating group) is 2. The standard InChI is InChI=1S/C15H30N2O/c1-16-15(13-6-4-3-5-7-13)12-17(2)14-8-10-18-11-9-14/h13-16H,3-12H2,1-2H3. The fourth-order valence-corrected chi connectivity index (χ4v) is 3.60. The molecule has 18 heavy (non-hydrogen) atoms. The van der Waals surface area contributed by atoms with Crippen molar-refractivity contribution in [3.8, 4) is 0 Å². The first-order chi connectivity index (χ1) is 8.81. The number of rotatable bonds is 5. The van der Waals surface area contributed by atoms with Gasteiger partial charge in [-0.3, -0.25) is 0 Å². The van der Waals surface area contributed by atoms with Crippen LogP contribution in [0.3, 0.4) is 0 Å². The number of hydrogen-bond donors (Lipinski definition) is 1. The van der Waals surface area contributed by atoms with Gasteiger partial charge in [-0.1, -0.05) is 19.3 Å². The van der Waals surface area contributed by atoms with Crippen LogP contribution in [0.2, 0.25) is 0 Å². The zero-order chi connectivity index (χ0) is 12.8. The van der Waals surface area contributed by atoms with E-state index in [9.17, 15) is 0 Å². The maximum Gasteiger partial charge on any atom is 0.0480 e. The number of ether oxygens (including phenoxy) is 1. The third-order valence-corrected chi connectivity index (χ3v) is 4.89. The largest absolute Gasteiger partial charge is 0.381 e. The normalized spacial score (nSPS) is 25.5. The fraction of sp³-hybridized carbons (Fsp3) is 1.00. The van der Waals surface area contributed by atoms with Crippen molar-refractivity contribution in [3.05, 3.63) is 0 Å². The van der Waals surface area contributed by atoms with Crippen molar-refractivity contribution in [3.63, 3.8) is 0 Å². The lowest BCUT2D eigenvalue weighted by atomic mass is 9.83. The van der Waals surface area contributed by atoms with E-state index in [0.29, 0.717) is 6.04 Å². The molecule has 0 amide bonds. The van der Waals surface area contributed by atoms with Gasteiger partial charge in [0.2, 0.25) is 0 Å². The maximum absolute atomic E-state index is 5.46. The van der Waals surface area contributed by atoms with E-state index in [4.69, 9.17) is 4.74 Å². The van der Waals surface area contributed by atoms with E-state index in [1.165, 1.54) is 51.5 Å². The summed E-state index contributed by atoms with van der Waals surface area (Å²) in [6.45, 7) is 3.09. The molecule has 0 radical (unpaired) electrons. The summed E-state index contributed by atoms with van der Waals surface area (Å²) in [5.74, 6) is 0.894. The molecule has 0 bridgehead atoms. The summed E-state index contributed by atoms with van der Waals surface area (Å²) in [6.07, 6.45) is 9.58. The lowest BCUT2D eigenvalue weighted by molar-refractivity contribution is 0.0371.